The van der Waals surface area contributed by atoms with Crippen LogP contribution in [0.25, 0.3) is 106 Å². The second kappa shape index (κ2) is 22.5. The van der Waals surface area contributed by atoms with E-state index in [2.05, 4.69) is 77.4 Å². The highest BCUT2D eigenvalue weighted by molar-refractivity contribution is 7.24. The van der Waals surface area contributed by atoms with E-state index in [1.807, 2.05) is 174 Å². The fraction of sp³-hybridized carbons (Fsp3) is 0.133. The standard InChI is InChI=1S/4C15H12N4OS/c4*1-9-3-4-10(7-16-9)11-8-19-12-5-6-13(20-2)18-14(12)21-15(19)17-11/h4*3-8H,1-2H3. The molecule has 0 unspecified atom stereocenters. The third kappa shape index (κ3) is 10.5. The minimum Gasteiger partial charge on any atom is -0.481 e. The smallest absolute Gasteiger partial charge is 0.214 e. The van der Waals surface area contributed by atoms with Crippen molar-refractivity contribution in [2.24, 2.45) is 0 Å². The number of aryl methyl sites for hydroxylation is 4. The lowest BCUT2D eigenvalue weighted by Gasteiger charge is -1.97. The first kappa shape index (κ1) is 53.4. The van der Waals surface area contributed by atoms with Crippen LogP contribution >= 0.6 is 45.3 Å². The van der Waals surface area contributed by atoms with Crippen LogP contribution in [-0.2, 0) is 0 Å². The predicted molar refractivity (Wildman–Crippen MR) is 332 cm³/mol. The third-order valence-electron chi connectivity index (χ3n) is 13.4. The average molecular weight is 1190 g/mol. The summed E-state index contributed by atoms with van der Waals surface area (Å²) in [5.41, 5.74) is 15.9. The first-order valence-corrected chi connectivity index (χ1v) is 29.3. The summed E-state index contributed by atoms with van der Waals surface area (Å²) >= 11 is 6.20. The number of rotatable bonds is 8. The Labute approximate surface area is 494 Å². The van der Waals surface area contributed by atoms with Gasteiger partial charge in [-0.05, 0) is 100 Å². The van der Waals surface area contributed by atoms with Gasteiger partial charge >= 0.3 is 0 Å². The Balaban J connectivity index is 0.000000104. The zero-order chi connectivity index (χ0) is 57.6. The summed E-state index contributed by atoms with van der Waals surface area (Å²) in [4.78, 5) is 61.1. The predicted octanol–water partition coefficient (Wildman–Crippen LogP) is 13.3. The zero-order valence-corrected chi connectivity index (χ0v) is 49.5. The fourth-order valence-corrected chi connectivity index (χ4v) is 12.9. The lowest BCUT2D eigenvalue weighted by atomic mass is 10.2. The fourth-order valence-electron chi connectivity index (χ4n) is 8.96. The topological polar surface area (TPSA) is 209 Å². The van der Waals surface area contributed by atoms with E-state index in [-0.39, 0.29) is 0 Å². The highest BCUT2D eigenvalue weighted by Crippen LogP contribution is 2.34. The Kier molecular flexibility index (Phi) is 14.3. The minimum atomic E-state index is 0.620. The first-order valence-electron chi connectivity index (χ1n) is 26.0. The van der Waals surface area contributed by atoms with Gasteiger partial charge in [-0.1, -0.05) is 45.3 Å². The molecule has 16 aromatic rings. The van der Waals surface area contributed by atoms with Crippen molar-refractivity contribution in [2.75, 3.05) is 28.4 Å². The van der Waals surface area contributed by atoms with Crippen molar-refractivity contribution < 1.29 is 18.9 Å². The third-order valence-corrected chi connectivity index (χ3v) is 17.3. The molecular weight excluding hydrogens is 1140 g/mol. The summed E-state index contributed by atoms with van der Waals surface area (Å²) in [6.45, 7) is 7.90. The molecule has 16 rings (SSSR count). The van der Waals surface area contributed by atoms with Gasteiger partial charge in [0.15, 0.2) is 19.8 Å². The van der Waals surface area contributed by atoms with Crippen molar-refractivity contribution in [3.63, 3.8) is 0 Å². The number of methoxy groups -OCH3 is 4. The molecule has 0 bridgehead atoms. The van der Waals surface area contributed by atoms with Crippen LogP contribution in [0.5, 0.6) is 23.5 Å². The monoisotopic (exact) mass is 1180 g/mol. The van der Waals surface area contributed by atoms with Crippen LogP contribution in [0.3, 0.4) is 0 Å². The molecule has 416 valence electrons. The molecule has 84 heavy (non-hydrogen) atoms. The quantitative estimate of drug-likeness (QED) is 0.138. The number of thiazole rings is 4. The number of ether oxygens (including phenoxy) is 4. The molecule has 0 aliphatic carbocycles. The number of pyridine rings is 8. The highest BCUT2D eigenvalue weighted by Gasteiger charge is 2.17. The van der Waals surface area contributed by atoms with E-state index in [1.165, 1.54) is 0 Å². The number of nitrogens with zero attached hydrogens (tertiary/aromatic N) is 16. The molecule has 16 heterocycles. The second-order valence-electron chi connectivity index (χ2n) is 19.0. The second-order valence-corrected chi connectivity index (χ2v) is 22.8. The Morgan fingerprint density at radius 3 is 0.702 bits per heavy atom. The molecule has 0 fully saturated rings. The molecule has 0 aliphatic heterocycles. The molecule has 24 heteroatoms. The minimum absolute atomic E-state index is 0.620. The Bertz CT molecular complexity index is 4390. The van der Waals surface area contributed by atoms with Gasteiger partial charge in [0.2, 0.25) is 23.5 Å². The molecule has 0 aromatic carbocycles. The zero-order valence-electron chi connectivity index (χ0n) is 46.3. The highest BCUT2D eigenvalue weighted by atomic mass is 32.1. The summed E-state index contributed by atoms with van der Waals surface area (Å²) in [6.07, 6.45) is 15.5. The van der Waals surface area contributed by atoms with Crippen LogP contribution in [0.4, 0.5) is 0 Å². The van der Waals surface area contributed by atoms with Crippen molar-refractivity contribution in [1.82, 2.24) is 77.4 Å². The van der Waals surface area contributed by atoms with E-state index >= 15 is 0 Å². The van der Waals surface area contributed by atoms with Crippen LogP contribution in [0.2, 0.25) is 0 Å². The van der Waals surface area contributed by atoms with E-state index in [4.69, 9.17) is 18.9 Å². The maximum absolute atomic E-state index is 5.16. The summed E-state index contributed by atoms with van der Waals surface area (Å²) in [6, 6.07) is 31.6. The van der Waals surface area contributed by atoms with E-state index in [1.54, 1.807) is 73.8 Å². The van der Waals surface area contributed by atoms with E-state index in [9.17, 15) is 0 Å². The van der Waals surface area contributed by atoms with Gasteiger partial charge in [0.1, 0.15) is 19.3 Å². The Hall–Kier alpha value is -9.88. The van der Waals surface area contributed by atoms with Crippen molar-refractivity contribution >= 4 is 107 Å². The van der Waals surface area contributed by atoms with E-state index in [0.29, 0.717) is 23.5 Å². The molecular formula is C60H48N16O4S4. The number of hydrogen-bond donors (Lipinski definition) is 0. The van der Waals surface area contributed by atoms with Gasteiger partial charge < -0.3 is 18.9 Å². The maximum Gasteiger partial charge on any atom is 0.214 e. The Morgan fingerprint density at radius 2 is 0.512 bits per heavy atom. The first-order chi connectivity index (χ1) is 41.0. The van der Waals surface area contributed by atoms with Gasteiger partial charge in [-0.2, -0.15) is 0 Å². The van der Waals surface area contributed by atoms with Crippen molar-refractivity contribution in [2.45, 2.75) is 27.7 Å². The van der Waals surface area contributed by atoms with Gasteiger partial charge in [0, 0.05) is 119 Å². The SMILES string of the molecule is COc1ccc2c(n1)sc1nc(-c3ccc(C)nc3)cn12.COc1ccc2c(n1)sc1nc(-c3ccc(C)nc3)cn12.COc1ccc2c(n1)sc1nc(-c3ccc(C)nc3)cn12.COc1ccc2c(n1)sc1nc(-c3ccc(C)nc3)cn12. The maximum atomic E-state index is 5.16. The largest absolute Gasteiger partial charge is 0.481 e. The number of imidazole rings is 4. The number of hydrogen-bond acceptors (Lipinski definition) is 20. The molecule has 20 nitrogen and oxygen atoms in total. The average Bonchev–Trinajstić information content (AvgIpc) is 3.45. The molecule has 0 saturated carbocycles. The summed E-state index contributed by atoms with van der Waals surface area (Å²) < 4.78 is 28.9. The summed E-state index contributed by atoms with van der Waals surface area (Å²) in [7, 11) is 6.48. The molecule has 0 N–H and O–H groups in total. The van der Waals surface area contributed by atoms with Crippen LogP contribution in [-0.4, -0.2) is 106 Å². The molecule has 0 amide bonds. The summed E-state index contributed by atoms with van der Waals surface area (Å²) in [5, 5.41) is 0. The van der Waals surface area contributed by atoms with Crippen molar-refractivity contribution in [1.29, 1.82) is 0 Å². The van der Waals surface area contributed by atoms with E-state index in [0.717, 1.165) is 129 Å². The van der Waals surface area contributed by atoms with Crippen molar-refractivity contribution in [3.8, 4) is 68.5 Å². The van der Waals surface area contributed by atoms with Gasteiger partial charge in [-0.15, -0.1) is 0 Å². The molecule has 16 aromatic heterocycles. The van der Waals surface area contributed by atoms with Gasteiger partial charge in [0.25, 0.3) is 0 Å². The molecule has 0 radical (unpaired) electrons. The molecule has 0 spiro atoms. The van der Waals surface area contributed by atoms with Crippen LogP contribution in [0.15, 0.2) is 147 Å². The molecule has 0 aliphatic rings. The molecule has 0 saturated heterocycles. The number of aromatic nitrogens is 16. The van der Waals surface area contributed by atoms with Crippen molar-refractivity contribution in [3.05, 3.63) is 169 Å². The lowest BCUT2D eigenvalue weighted by Crippen LogP contribution is -1.86. The summed E-state index contributed by atoms with van der Waals surface area (Å²) in [5.74, 6) is 2.48. The van der Waals surface area contributed by atoms with Gasteiger partial charge in [-0.3, -0.25) is 37.5 Å². The van der Waals surface area contributed by atoms with Gasteiger partial charge in [-0.25, -0.2) is 39.9 Å². The normalized spacial score (nSPS) is 11.3. The Morgan fingerprint density at radius 1 is 0.286 bits per heavy atom. The van der Waals surface area contributed by atoms with Crippen LogP contribution in [0.1, 0.15) is 22.8 Å². The number of fused-ring (bicyclic) bond motifs is 12. The molecule has 0 atom stereocenters. The van der Waals surface area contributed by atoms with Gasteiger partial charge in [0.05, 0.1) is 73.3 Å². The lowest BCUT2D eigenvalue weighted by molar-refractivity contribution is 0.399. The van der Waals surface area contributed by atoms with Crippen LogP contribution < -0.4 is 18.9 Å². The van der Waals surface area contributed by atoms with E-state index < -0.39 is 0 Å². The van der Waals surface area contributed by atoms with Crippen LogP contribution in [0, 0.1) is 27.7 Å².